The molecule has 3 N–H and O–H groups in total. The highest BCUT2D eigenvalue weighted by Crippen LogP contribution is 2.29. The lowest BCUT2D eigenvalue weighted by Crippen LogP contribution is -2.51. The van der Waals surface area contributed by atoms with Gasteiger partial charge in [-0.3, -0.25) is 9.59 Å². The van der Waals surface area contributed by atoms with Crippen LogP contribution in [0.1, 0.15) is 57.5 Å². The summed E-state index contributed by atoms with van der Waals surface area (Å²) in [6, 6.07) is 20.4. The van der Waals surface area contributed by atoms with E-state index in [1.54, 1.807) is 78.7 Å². The molecule has 2 amide bonds. The van der Waals surface area contributed by atoms with Crippen LogP contribution in [-0.4, -0.2) is 35.9 Å². The molecule has 1 aliphatic rings. The number of halogens is 1. The topological polar surface area (TPSA) is 108 Å². The van der Waals surface area contributed by atoms with Crippen LogP contribution in [-0.2, 0) is 6.54 Å². The van der Waals surface area contributed by atoms with Gasteiger partial charge in [0.15, 0.2) is 0 Å². The van der Waals surface area contributed by atoms with Crippen molar-refractivity contribution in [2.75, 3.05) is 12.4 Å². The first-order chi connectivity index (χ1) is 17.9. The molecule has 7 nitrogen and oxygen atoms in total. The predicted octanol–water partition coefficient (Wildman–Crippen LogP) is 5.38. The first kappa shape index (κ1) is 26.2. The minimum atomic E-state index is -0.268. The van der Waals surface area contributed by atoms with E-state index >= 15 is 0 Å². The molecule has 3 aromatic carbocycles. The molecule has 8 heteroatoms. The Balaban J connectivity index is 1.59. The van der Waals surface area contributed by atoms with Crippen molar-refractivity contribution in [2.24, 2.45) is 5.73 Å². The van der Waals surface area contributed by atoms with Crippen molar-refractivity contribution in [3.05, 3.63) is 94.0 Å². The Hall–Kier alpha value is -3.86. The van der Waals surface area contributed by atoms with Crippen LogP contribution in [0.5, 0.6) is 5.75 Å². The second-order valence-electron chi connectivity index (χ2n) is 9.13. The molecule has 0 aromatic heterocycles. The molecule has 1 saturated carbocycles. The number of ether oxygens (including phenoxy) is 1. The largest absolute Gasteiger partial charge is 0.497 e. The van der Waals surface area contributed by atoms with E-state index in [1.807, 2.05) is 0 Å². The van der Waals surface area contributed by atoms with Crippen LogP contribution >= 0.6 is 11.6 Å². The van der Waals surface area contributed by atoms with Gasteiger partial charge in [0.2, 0.25) is 0 Å². The number of carbonyl (C=O) groups excluding carboxylic acids is 2. The predicted molar refractivity (Wildman–Crippen MR) is 144 cm³/mol. The summed E-state index contributed by atoms with van der Waals surface area (Å²) in [7, 11) is 1.57. The van der Waals surface area contributed by atoms with Crippen molar-refractivity contribution >= 4 is 29.1 Å². The number of rotatable bonds is 7. The van der Waals surface area contributed by atoms with E-state index in [4.69, 9.17) is 27.3 Å². The van der Waals surface area contributed by atoms with E-state index in [-0.39, 0.29) is 30.4 Å². The number of nitrogens with zero attached hydrogens (tertiary/aromatic N) is 2. The fourth-order valence-electron chi connectivity index (χ4n) is 4.62. The zero-order valence-corrected chi connectivity index (χ0v) is 21.4. The number of nitrogens with one attached hydrogen (secondary N) is 1. The lowest BCUT2D eigenvalue weighted by Gasteiger charge is -2.38. The maximum Gasteiger partial charge on any atom is 0.255 e. The highest BCUT2D eigenvalue weighted by molar-refractivity contribution is 6.31. The van der Waals surface area contributed by atoms with Gasteiger partial charge >= 0.3 is 0 Å². The van der Waals surface area contributed by atoms with Gasteiger partial charge in [0.1, 0.15) is 5.75 Å². The van der Waals surface area contributed by atoms with Crippen LogP contribution in [0, 0.1) is 11.3 Å². The molecule has 0 spiro atoms. The molecule has 4 rings (SSSR count). The second kappa shape index (κ2) is 11.9. The van der Waals surface area contributed by atoms with E-state index < -0.39 is 0 Å². The highest BCUT2D eigenvalue weighted by Gasteiger charge is 2.32. The number of hydrogen-bond acceptors (Lipinski definition) is 5. The molecule has 1 fully saturated rings. The van der Waals surface area contributed by atoms with E-state index in [1.165, 1.54) is 0 Å². The zero-order valence-electron chi connectivity index (χ0n) is 20.6. The maximum atomic E-state index is 13.7. The molecule has 2 atom stereocenters. The van der Waals surface area contributed by atoms with Gasteiger partial charge in [-0.25, -0.2) is 0 Å². The van der Waals surface area contributed by atoms with Crippen LogP contribution < -0.4 is 15.8 Å². The third-order valence-electron chi connectivity index (χ3n) is 6.70. The van der Waals surface area contributed by atoms with E-state index in [0.29, 0.717) is 38.7 Å². The summed E-state index contributed by atoms with van der Waals surface area (Å²) in [5.74, 6) is 0.226. The monoisotopic (exact) mass is 516 g/mol. The Morgan fingerprint density at radius 3 is 2.38 bits per heavy atom. The number of methoxy groups -OCH3 is 1. The lowest BCUT2D eigenvalue weighted by molar-refractivity contribution is 0.0583. The molecule has 0 heterocycles. The first-order valence-corrected chi connectivity index (χ1v) is 12.6. The molecular formula is C29H29ClN4O3. The average Bonchev–Trinajstić information content (AvgIpc) is 2.93. The first-order valence-electron chi connectivity index (χ1n) is 12.2. The lowest BCUT2D eigenvalue weighted by atomic mass is 9.89. The Morgan fingerprint density at radius 2 is 1.73 bits per heavy atom. The minimum absolute atomic E-state index is 0.146. The van der Waals surface area contributed by atoms with Crippen molar-refractivity contribution in [1.29, 1.82) is 5.26 Å². The Kier molecular flexibility index (Phi) is 8.44. The summed E-state index contributed by atoms with van der Waals surface area (Å²) in [5.41, 5.74) is 9.21. The SMILES string of the molecule is COc1ccc(C(=O)Nc2ccc(Cl)c(CN(C(=O)c3ccc(C#N)cc3)C3CCCCC3N)c2)cc1. The average molecular weight is 517 g/mol. The Morgan fingerprint density at radius 1 is 1.05 bits per heavy atom. The van der Waals surface area contributed by atoms with Gasteiger partial charge in [-0.2, -0.15) is 5.26 Å². The van der Waals surface area contributed by atoms with Crippen molar-refractivity contribution in [1.82, 2.24) is 4.90 Å². The number of hydrogen-bond donors (Lipinski definition) is 2. The maximum absolute atomic E-state index is 13.7. The molecule has 0 saturated heterocycles. The molecule has 1 aliphatic carbocycles. The fourth-order valence-corrected chi connectivity index (χ4v) is 4.80. The second-order valence-corrected chi connectivity index (χ2v) is 9.53. The molecular weight excluding hydrogens is 488 g/mol. The van der Waals surface area contributed by atoms with Crippen LogP contribution in [0.25, 0.3) is 0 Å². The number of nitrogens with two attached hydrogens (primary N) is 1. The van der Waals surface area contributed by atoms with Crippen LogP contribution in [0.15, 0.2) is 66.7 Å². The highest BCUT2D eigenvalue weighted by atomic mass is 35.5. The van der Waals surface area contributed by atoms with Crippen LogP contribution in [0.2, 0.25) is 5.02 Å². The fraction of sp³-hybridized carbons (Fsp3) is 0.276. The van der Waals surface area contributed by atoms with Crippen LogP contribution in [0.3, 0.4) is 0 Å². The van der Waals surface area contributed by atoms with Crippen LogP contribution in [0.4, 0.5) is 5.69 Å². The van der Waals surface area contributed by atoms with Gasteiger partial charge in [-0.1, -0.05) is 24.4 Å². The molecule has 0 aliphatic heterocycles. The van der Waals surface area contributed by atoms with Gasteiger partial charge < -0.3 is 20.7 Å². The summed E-state index contributed by atoms with van der Waals surface area (Å²) < 4.78 is 5.15. The van der Waals surface area contributed by atoms with Gasteiger partial charge in [0.05, 0.1) is 18.7 Å². The van der Waals surface area contributed by atoms with Gasteiger partial charge in [0, 0.05) is 40.5 Å². The number of benzene rings is 3. The van der Waals surface area contributed by atoms with Gasteiger partial charge in [-0.15, -0.1) is 0 Å². The Labute approximate surface area is 221 Å². The van der Waals surface area contributed by atoms with Crippen molar-refractivity contribution in [3.8, 4) is 11.8 Å². The van der Waals surface area contributed by atoms with Gasteiger partial charge in [-0.05, 0) is 85.1 Å². The summed E-state index contributed by atoms with van der Waals surface area (Å²) in [6.07, 6.45) is 3.66. The van der Waals surface area contributed by atoms with Crippen molar-refractivity contribution < 1.29 is 14.3 Å². The van der Waals surface area contributed by atoms with Gasteiger partial charge in [0.25, 0.3) is 11.8 Å². The molecule has 190 valence electrons. The zero-order chi connectivity index (χ0) is 26.4. The van der Waals surface area contributed by atoms with Crippen molar-refractivity contribution in [3.63, 3.8) is 0 Å². The minimum Gasteiger partial charge on any atom is -0.497 e. The molecule has 3 aromatic rings. The van der Waals surface area contributed by atoms with Crippen molar-refractivity contribution in [2.45, 2.75) is 44.3 Å². The van der Waals surface area contributed by atoms with E-state index in [2.05, 4.69) is 11.4 Å². The summed E-state index contributed by atoms with van der Waals surface area (Å²) >= 11 is 6.56. The standard InChI is InChI=1S/C29H29ClN4O3/c1-37-24-13-10-20(11-14-24)28(35)33-23-12-15-25(30)22(16-23)18-34(27-5-3-2-4-26(27)32)29(36)21-8-6-19(17-31)7-9-21/h6-16,26-27H,2-5,18,32H2,1H3,(H,33,35). The number of carbonyl (C=O) groups is 2. The summed E-state index contributed by atoms with van der Waals surface area (Å²) in [5, 5.41) is 12.5. The Bertz CT molecular complexity index is 1300. The quantitative estimate of drug-likeness (QED) is 0.438. The number of anilines is 1. The normalized spacial score (nSPS) is 16.9. The number of nitriles is 1. The molecule has 2 unspecified atom stereocenters. The molecule has 37 heavy (non-hydrogen) atoms. The third-order valence-corrected chi connectivity index (χ3v) is 7.07. The van der Waals surface area contributed by atoms with E-state index in [0.717, 1.165) is 25.7 Å². The third kappa shape index (κ3) is 6.29. The number of amides is 2. The molecule has 0 bridgehead atoms. The molecule has 0 radical (unpaired) electrons. The smallest absolute Gasteiger partial charge is 0.255 e. The summed E-state index contributed by atoms with van der Waals surface area (Å²) in [4.78, 5) is 28.2. The summed E-state index contributed by atoms with van der Waals surface area (Å²) in [6.45, 7) is 0.238. The van der Waals surface area contributed by atoms with E-state index in [9.17, 15) is 9.59 Å².